The van der Waals surface area contributed by atoms with Crippen molar-refractivity contribution in [3.05, 3.63) is 24.3 Å². The number of hydrogen-bond acceptors (Lipinski definition) is 4. The number of ketones is 1. The van der Waals surface area contributed by atoms with Crippen molar-refractivity contribution in [2.24, 2.45) is 0 Å². The van der Waals surface area contributed by atoms with Crippen molar-refractivity contribution in [3.63, 3.8) is 0 Å². The number of aromatic nitrogens is 1. The van der Waals surface area contributed by atoms with Gasteiger partial charge in [0, 0.05) is 11.7 Å². The molecule has 1 aromatic carbocycles. The molecule has 16 heavy (non-hydrogen) atoms. The van der Waals surface area contributed by atoms with Crippen LogP contribution in [0.15, 0.2) is 33.9 Å². The second kappa shape index (κ2) is 4.70. The maximum atomic E-state index is 11.0. The molecule has 3 nitrogen and oxygen atoms in total. The van der Waals surface area contributed by atoms with Crippen molar-refractivity contribution < 1.29 is 9.21 Å². The monoisotopic (exact) mass is 235 g/mol. The van der Waals surface area contributed by atoms with Gasteiger partial charge in [-0.3, -0.25) is 4.79 Å². The van der Waals surface area contributed by atoms with E-state index < -0.39 is 0 Å². The van der Waals surface area contributed by atoms with Gasteiger partial charge in [0.05, 0.1) is 0 Å². The van der Waals surface area contributed by atoms with E-state index in [4.69, 9.17) is 4.42 Å². The molecule has 1 unspecified atom stereocenters. The summed E-state index contributed by atoms with van der Waals surface area (Å²) in [7, 11) is 0. The average molecular weight is 235 g/mol. The molecule has 2 rings (SSSR count). The second-order valence-electron chi connectivity index (χ2n) is 3.78. The highest BCUT2D eigenvalue weighted by Crippen LogP contribution is 2.27. The van der Waals surface area contributed by atoms with Crippen molar-refractivity contribution in [1.82, 2.24) is 4.98 Å². The van der Waals surface area contributed by atoms with Crippen LogP contribution in [0.4, 0.5) is 0 Å². The van der Waals surface area contributed by atoms with Crippen LogP contribution in [-0.4, -0.2) is 16.0 Å². The summed E-state index contributed by atoms with van der Waals surface area (Å²) in [5.74, 6) is 0.191. The first kappa shape index (κ1) is 11.2. The summed E-state index contributed by atoms with van der Waals surface area (Å²) < 4.78 is 5.56. The zero-order chi connectivity index (χ0) is 11.5. The van der Waals surface area contributed by atoms with E-state index in [1.165, 1.54) is 11.8 Å². The number of nitrogens with zero attached hydrogens (tertiary/aromatic N) is 1. The first-order valence-electron chi connectivity index (χ1n) is 5.17. The molecule has 84 valence electrons. The Balaban J connectivity index is 2.12. The Bertz CT molecular complexity index is 473. The van der Waals surface area contributed by atoms with Gasteiger partial charge >= 0.3 is 0 Å². The lowest BCUT2D eigenvalue weighted by Crippen LogP contribution is -2.02. The molecular formula is C12H13NO2S. The van der Waals surface area contributed by atoms with Crippen LogP contribution in [-0.2, 0) is 4.79 Å². The summed E-state index contributed by atoms with van der Waals surface area (Å²) in [6, 6.07) is 7.65. The van der Waals surface area contributed by atoms with Gasteiger partial charge in [-0.05, 0) is 19.1 Å². The normalized spacial score (nSPS) is 12.9. The number of carbonyl (C=O) groups is 1. The highest BCUT2D eigenvalue weighted by molar-refractivity contribution is 7.99. The molecule has 2 aromatic rings. The van der Waals surface area contributed by atoms with Crippen LogP contribution in [0.5, 0.6) is 0 Å². The van der Waals surface area contributed by atoms with Crippen molar-refractivity contribution in [3.8, 4) is 0 Å². The maximum Gasteiger partial charge on any atom is 0.257 e. The summed E-state index contributed by atoms with van der Waals surface area (Å²) in [4.78, 5) is 15.3. The SMILES string of the molecule is CC(=O)CC(C)Sc1nc2ccccc2o1. The molecule has 0 radical (unpaired) electrons. The molecule has 1 heterocycles. The van der Waals surface area contributed by atoms with Crippen LogP contribution < -0.4 is 0 Å². The smallest absolute Gasteiger partial charge is 0.257 e. The van der Waals surface area contributed by atoms with E-state index >= 15 is 0 Å². The van der Waals surface area contributed by atoms with Crippen molar-refractivity contribution in [2.45, 2.75) is 30.7 Å². The highest BCUT2D eigenvalue weighted by Gasteiger charge is 2.12. The fourth-order valence-electron chi connectivity index (χ4n) is 1.52. The quantitative estimate of drug-likeness (QED) is 0.763. The predicted molar refractivity (Wildman–Crippen MR) is 64.6 cm³/mol. The molecule has 0 aliphatic heterocycles. The molecule has 0 saturated carbocycles. The molecule has 0 amide bonds. The van der Waals surface area contributed by atoms with Gasteiger partial charge in [-0.2, -0.15) is 0 Å². The van der Waals surface area contributed by atoms with Gasteiger partial charge in [-0.1, -0.05) is 30.8 Å². The van der Waals surface area contributed by atoms with E-state index in [0.29, 0.717) is 11.6 Å². The van der Waals surface area contributed by atoms with Gasteiger partial charge in [-0.15, -0.1) is 0 Å². The number of hydrogen-bond donors (Lipinski definition) is 0. The maximum absolute atomic E-state index is 11.0. The third kappa shape index (κ3) is 2.64. The van der Waals surface area contributed by atoms with E-state index in [1.54, 1.807) is 6.92 Å². The van der Waals surface area contributed by atoms with Gasteiger partial charge in [0.2, 0.25) is 0 Å². The molecule has 0 N–H and O–H groups in total. The summed E-state index contributed by atoms with van der Waals surface area (Å²) in [6.45, 7) is 3.60. The number of oxazole rings is 1. The Hall–Kier alpha value is -1.29. The summed E-state index contributed by atoms with van der Waals surface area (Å²) in [5.41, 5.74) is 1.65. The molecule has 4 heteroatoms. The highest BCUT2D eigenvalue weighted by atomic mass is 32.2. The summed E-state index contributed by atoms with van der Waals surface area (Å²) >= 11 is 1.50. The van der Waals surface area contributed by atoms with Crippen LogP contribution in [0.25, 0.3) is 11.1 Å². The molecule has 0 aliphatic carbocycles. The lowest BCUT2D eigenvalue weighted by Gasteiger charge is -2.04. The van der Waals surface area contributed by atoms with Gasteiger partial charge in [-0.25, -0.2) is 4.98 Å². The first-order chi connectivity index (χ1) is 7.65. The largest absolute Gasteiger partial charge is 0.431 e. The van der Waals surface area contributed by atoms with Crippen molar-refractivity contribution in [2.75, 3.05) is 0 Å². The van der Waals surface area contributed by atoms with Crippen molar-refractivity contribution in [1.29, 1.82) is 0 Å². The molecule has 0 bridgehead atoms. The molecule has 1 atom stereocenters. The molecule has 0 saturated heterocycles. The van der Waals surface area contributed by atoms with E-state index in [1.807, 2.05) is 31.2 Å². The Labute approximate surface area is 98.2 Å². The van der Waals surface area contributed by atoms with Crippen LogP contribution in [0, 0.1) is 0 Å². The number of Topliss-reactive ketones (excluding diaryl/α,β-unsaturated/α-hetero) is 1. The topological polar surface area (TPSA) is 43.1 Å². The van der Waals surface area contributed by atoms with Gasteiger partial charge in [0.25, 0.3) is 5.22 Å². The van der Waals surface area contributed by atoms with Gasteiger partial charge in [0.1, 0.15) is 11.3 Å². The zero-order valence-electron chi connectivity index (χ0n) is 9.27. The van der Waals surface area contributed by atoms with Crippen molar-refractivity contribution >= 4 is 28.6 Å². The number of rotatable bonds is 4. The van der Waals surface area contributed by atoms with Gasteiger partial charge in [0.15, 0.2) is 5.58 Å². The molecular weight excluding hydrogens is 222 g/mol. The fraction of sp³-hybridized carbons (Fsp3) is 0.333. The number of para-hydroxylation sites is 2. The minimum atomic E-state index is 0.191. The number of carbonyl (C=O) groups excluding carboxylic acids is 1. The Morgan fingerprint density at radius 3 is 2.94 bits per heavy atom. The minimum Gasteiger partial charge on any atom is -0.431 e. The van der Waals surface area contributed by atoms with Gasteiger partial charge < -0.3 is 4.42 Å². The summed E-state index contributed by atoms with van der Waals surface area (Å²) in [6.07, 6.45) is 0.545. The van der Waals surface area contributed by atoms with E-state index in [2.05, 4.69) is 4.98 Å². The Morgan fingerprint density at radius 2 is 2.25 bits per heavy atom. The Kier molecular flexibility index (Phi) is 3.29. The number of fused-ring (bicyclic) bond motifs is 1. The summed E-state index contributed by atoms with van der Waals surface area (Å²) in [5, 5.41) is 0.834. The standard InChI is InChI=1S/C12H13NO2S/c1-8(14)7-9(2)16-12-13-10-5-3-4-6-11(10)15-12/h3-6,9H,7H2,1-2H3. The molecule has 0 spiro atoms. The number of thioether (sulfide) groups is 1. The van der Waals surface area contributed by atoms with Crippen LogP contribution in [0.2, 0.25) is 0 Å². The van der Waals surface area contributed by atoms with E-state index in [9.17, 15) is 4.79 Å². The Morgan fingerprint density at radius 1 is 1.50 bits per heavy atom. The first-order valence-corrected chi connectivity index (χ1v) is 6.05. The zero-order valence-corrected chi connectivity index (χ0v) is 10.1. The van der Waals surface area contributed by atoms with E-state index in [-0.39, 0.29) is 11.0 Å². The lowest BCUT2D eigenvalue weighted by molar-refractivity contribution is -0.116. The molecule has 0 aliphatic rings. The van der Waals surface area contributed by atoms with E-state index in [0.717, 1.165) is 11.1 Å². The van der Waals surface area contributed by atoms with Crippen LogP contribution >= 0.6 is 11.8 Å². The predicted octanol–water partition coefficient (Wildman–Crippen LogP) is 3.29. The fourth-order valence-corrected chi connectivity index (χ4v) is 2.47. The average Bonchev–Trinajstić information content (AvgIpc) is 2.57. The molecule has 0 fully saturated rings. The number of benzene rings is 1. The third-order valence-electron chi connectivity index (χ3n) is 2.15. The molecule has 1 aromatic heterocycles. The lowest BCUT2D eigenvalue weighted by atomic mass is 10.2. The minimum absolute atomic E-state index is 0.191. The third-order valence-corrected chi connectivity index (χ3v) is 3.10. The second-order valence-corrected chi connectivity index (χ2v) is 5.17. The van der Waals surface area contributed by atoms with Crippen LogP contribution in [0.3, 0.4) is 0 Å². The van der Waals surface area contributed by atoms with Crippen LogP contribution in [0.1, 0.15) is 20.3 Å².